The van der Waals surface area contributed by atoms with E-state index >= 15 is 0 Å². The second-order valence-corrected chi connectivity index (χ2v) is 10.4. The van der Waals surface area contributed by atoms with Crippen molar-refractivity contribution in [3.8, 4) is 0 Å². The summed E-state index contributed by atoms with van der Waals surface area (Å²) in [5, 5.41) is 9.54. The lowest BCUT2D eigenvalue weighted by Gasteiger charge is -2.39. The first kappa shape index (κ1) is 24.2. The fraction of sp³-hybridized carbons (Fsp3) is 0.500. The molecule has 0 radical (unpaired) electrons. The molecule has 2 aromatic rings. The van der Waals surface area contributed by atoms with E-state index in [0.717, 1.165) is 76.9 Å². The van der Waals surface area contributed by atoms with E-state index < -0.39 is 5.97 Å². The van der Waals surface area contributed by atoms with Crippen LogP contribution in [-0.2, 0) is 17.6 Å². The molecule has 2 fully saturated rings. The van der Waals surface area contributed by atoms with Crippen molar-refractivity contribution in [2.24, 2.45) is 11.8 Å². The Morgan fingerprint density at radius 2 is 1.83 bits per heavy atom. The SMILES string of the molecule is O=C(O)c1ccc2c(c1)CCCC(C1CCOCC1)=C2c1ccc(CC2CN(CCCF)C2)cc1. The van der Waals surface area contributed by atoms with Crippen LogP contribution in [0.4, 0.5) is 4.39 Å². The minimum absolute atomic E-state index is 0.227. The highest BCUT2D eigenvalue weighted by Crippen LogP contribution is 2.41. The molecule has 1 aliphatic carbocycles. The molecule has 4 nitrogen and oxygen atoms in total. The van der Waals surface area contributed by atoms with Crippen LogP contribution < -0.4 is 0 Å². The number of alkyl halides is 1. The molecule has 5 heteroatoms. The second kappa shape index (κ2) is 11.0. The van der Waals surface area contributed by atoms with Crippen molar-refractivity contribution < 1.29 is 19.0 Å². The van der Waals surface area contributed by atoms with Gasteiger partial charge in [0.05, 0.1) is 12.2 Å². The summed E-state index contributed by atoms with van der Waals surface area (Å²) in [5.74, 6) is 0.315. The Hall–Kier alpha value is -2.50. The molecule has 2 aliphatic heterocycles. The average Bonchev–Trinajstić information content (AvgIpc) is 3.05. The zero-order valence-corrected chi connectivity index (χ0v) is 20.5. The number of rotatable bonds is 8. The van der Waals surface area contributed by atoms with Crippen molar-refractivity contribution in [2.75, 3.05) is 39.5 Å². The van der Waals surface area contributed by atoms with Gasteiger partial charge >= 0.3 is 5.97 Å². The largest absolute Gasteiger partial charge is 0.478 e. The lowest BCUT2D eigenvalue weighted by molar-refractivity contribution is 0.0696. The van der Waals surface area contributed by atoms with Gasteiger partial charge in [0.1, 0.15) is 0 Å². The maximum Gasteiger partial charge on any atom is 0.335 e. The molecular formula is C30H36FNO3. The van der Waals surface area contributed by atoms with Crippen LogP contribution in [0.3, 0.4) is 0 Å². The number of ether oxygens (including phenoxy) is 1. The van der Waals surface area contributed by atoms with Crippen LogP contribution >= 0.6 is 0 Å². The predicted octanol–water partition coefficient (Wildman–Crippen LogP) is 5.78. The van der Waals surface area contributed by atoms with E-state index in [2.05, 4.69) is 29.2 Å². The summed E-state index contributed by atoms with van der Waals surface area (Å²) in [7, 11) is 0. The molecule has 3 aliphatic rings. The fourth-order valence-electron chi connectivity index (χ4n) is 6.15. The van der Waals surface area contributed by atoms with Crippen LogP contribution in [0.2, 0.25) is 0 Å². The third-order valence-electron chi connectivity index (χ3n) is 7.96. The number of allylic oxidation sites excluding steroid dienone is 1. The monoisotopic (exact) mass is 477 g/mol. The van der Waals surface area contributed by atoms with E-state index in [0.29, 0.717) is 23.8 Å². The molecule has 1 N–H and O–H groups in total. The van der Waals surface area contributed by atoms with Crippen molar-refractivity contribution in [1.82, 2.24) is 4.90 Å². The quantitative estimate of drug-likeness (QED) is 0.523. The highest BCUT2D eigenvalue weighted by Gasteiger charge is 2.28. The van der Waals surface area contributed by atoms with Crippen LogP contribution in [0, 0.1) is 11.8 Å². The third-order valence-corrected chi connectivity index (χ3v) is 7.96. The summed E-state index contributed by atoms with van der Waals surface area (Å²) >= 11 is 0. The summed E-state index contributed by atoms with van der Waals surface area (Å²) in [6, 6.07) is 14.7. The molecule has 0 amide bonds. The Morgan fingerprint density at radius 3 is 2.54 bits per heavy atom. The Morgan fingerprint density at radius 1 is 1.06 bits per heavy atom. The molecular weight excluding hydrogens is 441 g/mol. The summed E-state index contributed by atoms with van der Waals surface area (Å²) < 4.78 is 18.1. The summed E-state index contributed by atoms with van der Waals surface area (Å²) in [6.45, 7) is 4.41. The van der Waals surface area contributed by atoms with Crippen molar-refractivity contribution in [3.05, 3.63) is 75.9 Å². The Balaban J connectivity index is 1.43. The van der Waals surface area contributed by atoms with E-state index in [-0.39, 0.29) is 6.67 Å². The molecule has 0 unspecified atom stereocenters. The number of aromatic carboxylic acids is 1. The molecule has 5 rings (SSSR count). The zero-order valence-electron chi connectivity index (χ0n) is 20.5. The van der Waals surface area contributed by atoms with E-state index in [1.807, 2.05) is 12.1 Å². The molecule has 0 spiro atoms. The number of carboxylic acids is 1. The molecule has 2 heterocycles. The molecule has 2 saturated heterocycles. The van der Waals surface area contributed by atoms with Crippen molar-refractivity contribution in [3.63, 3.8) is 0 Å². The van der Waals surface area contributed by atoms with Gasteiger partial charge < -0.3 is 14.7 Å². The number of carboxylic acid groups (broad SMARTS) is 1. The Kier molecular flexibility index (Phi) is 7.64. The van der Waals surface area contributed by atoms with E-state index in [4.69, 9.17) is 4.74 Å². The van der Waals surface area contributed by atoms with Gasteiger partial charge in [-0.3, -0.25) is 4.39 Å². The predicted molar refractivity (Wildman–Crippen MR) is 137 cm³/mol. The smallest absolute Gasteiger partial charge is 0.335 e. The second-order valence-electron chi connectivity index (χ2n) is 10.4. The summed E-state index contributed by atoms with van der Waals surface area (Å²) in [6.07, 6.45) is 6.82. The number of fused-ring (bicyclic) bond motifs is 1. The molecule has 0 bridgehead atoms. The first-order valence-electron chi connectivity index (χ1n) is 13.2. The fourth-order valence-corrected chi connectivity index (χ4v) is 6.15. The van der Waals surface area contributed by atoms with Gasteiger partial charge in [0, 0.05) is 32.8 Å². The van der Waals surface area contributed by atoms with Crippen molar-refractivity contribution >= 4 is 11.5 Å². The number of hydrogen-bond acceptors (Lipinski definition) is 3. The maximum atomic E-state index is 12.4. The van der Waals surface area contributed by atoms with Crippen LogP contribution in [-0.4, -0.2) is 55.5 Å². The lowest BCUT2D eigenvalue weighted by atomic mass is 9.81. The lowest BCUT2D eigenvalue weighted by Crippen LogP contribution is -2.47. The first-order valence-corrected chi connectivity index (χ1v) is 13.2. The molecule has 186 valence electrons. The Bertz CT molecular complexity index is 1070. The highest BCUT2D eigenvalue weighted by atomic mass is 19.1. The molecule has 35 heavy (non-hydrogen) atoms. The van der Waals surface area contributed by atoms with Gasteiger partial charge in [0.15, 0.2) is 0 Å². The number of likely N-dealkylation sites (tertiary alicyclic amines) is 1. The van der Waals surface area contributed by atoms with Gasteiger partial charge in [-0.1, -0.05) is 35.9 Å². The molecule has 0 atom stereocenters. The van der Waals surface area contributed by atoms with Gasteiger partial charge in [-0.05, 0) is 96.7 Å². The van der Waals surface area contributed by atoms with Crippen LogP contribution in [0.1, 0.15) is 64.7 Å². The van der Waals surface area contributed by atoms with Gasteiger partial charge in [-0.25, -0.2) is 4.79 Å². The molecule has 2 aromatic carbocycles. The van der Waals surface area contributed by atoms with Crippen LogP contribution in [0.25, 0.3) is 5.57 Å². The number of benzene rings is 2. The van der Waals surface area contributed by atoms with Gasteiger partial charge in [0.25, 0.3) is 0 Å². The number of nitrogens with zero attached hydrogens (tertiary/aromatic N) is 1. The van der Waals surface area contributed by atoms with Crippen molar-refractivity contribution in [1.29, 1.82) is 0 Å². The van der Waals surface area contributed by atoms with Crippen molar-refractivity contribution in [2.45, 2.75) is 44.9 Å². The number of aryl methyl sites for hydroxylation is 1. The first-order chi connectivity index (χ1) is 17.1. The molecule has 0 aromatic heterocycles. The van der Waals surface area contributed by atoms with Crippen LogP contribution in [0.15, 0.2) is 48.0 Å². The minimum atomic E-state index is -0.865. The number of carbonyl (C=O) groups is 1. The average molecular weight is 478 g/mol. The maximum absolute atomic E-state index is 12.4. The van der Waals surface area contributed by atoms with E-state index in [1.54, 1.807) is 6.07 Å². The standard InChI is InChI=1S/C30H36FNO3/c31-13-2-14-32-19-22(20-32)17-21-5-7-24(8-6-21)29-27(23-11-15-35-16-12-23)4-1-3-25-18-26(30(33)34)9-10-28(25)29/h5-10,18,22-23H,1-4,11-17,19-20H2,(H,33,34). The van der Waals surface area contributed by atoms with E-state index in [1.165, 1.54) is 27.8 Å². The minimum Gasteiger partial charge on any atom is -0.478 e. The Labute approximate surface area is 207 Å². The van der Waals surface area contributed by atoms with E-state index in [9.17, 15) is 14.3 Å². The topological polar surface area (TPSA) is 49.8 Å². The number of halogens is 1. The zero-order chi connectivity index (χ0) is 24.2. The summed E-state index contributed by atoms with van der Waals surface area (Å²) in [5.41, 5.74) is 8.14. The van der Waals surface area contributed by atoms with Crippen LogP contribution in [0.5, 0.6) is 0 Å². The normalized spacial score (nSPS) is 19.8. The third kappa shape index (κ3) is 5.52. The summed E-state index contributed by atoms with van der Waals surface area (Å²) in [4.78, 5) is 14.0. The number of hydrogen-bond donors (Lipinski definition) is 1. The highest BCUT2D eigenvalue weighted by molar-refractivity contribution is 5.90. The van der Waals surface area contributed by atoms with Gasteiger partial charge in [0.2, 0.25) is 0 Å². The van der Waals surface area contributed by atoms with Gasteiger partial charge in [-0.15, -0.1) is 0 Å². The molecule has 0 saturated carbocycles. The van der Waals surface area contributed by atoms with Gasteiger partial charge in [-0.2, -0.15) is 0 Å².